The van der Waals surface area contributed by atoms with E-state index in [2.05, 4.69) is 20.3 Å². The van der Waals surface area contributed by atoms with Crippen LogP contribution in [0.4, 0.5) is 0 Å². The summed E-state index contributed by atoms with van der Waals surface area (Å²) in [4.78, 5) is 17.3. The highest BCUT2D eigenvalue weighted by Crippen LogP contribution is 2.24. The zero-order valence-electron chi connectivity index (χ0n) is 15.0. The molecule has 0 radical (unpaired) electrons. The smallest absolute Gasteiger partial charge is 0.261 e. The van der Waals surface area contributed by atoms with Gasteiger partial charge in [0.05, 0.1) is 14.5 Å². The quantitative estimate of drug-likeness (QED) is 0.570. The molecule has 0 aliphatic carbocycles. The van der Waals surface area contributed by atoms with Crippen molar-refractivity contribution in [3.8, 4) is 0 Å². The number of nitrogens with one attached hydrogen (secondary N) is 3. The van der Waals surface area contributed by atoms with Crippen LogP contribution in [0.2, 0.25) is 0 Å². The second-order valence-corrected chi connectivity index (χ2v) is 9.46. The van der Waals surface area contributed by atoms with Crippen LogP contribution in [0.3, 0.4) is 0 Å². The second kappa shape index (κ2) is 7.96. The van der Waals surface area contributed by atoms with Crippen molar-refractivity contribution < 1.29 is 13.2 Å². The fourth-order valence-electron chi connectivity index (χ4n) is 3.09. The van der Waals surface area contributed by atoms with Gasteiger partial charge in [0.15, 0.2) is 0 Å². The predicted molar refractivity (Wildman–Crippen MR) is 109 cm³/mol. The number of sulfonamides is 1. The van der Waals surface area contributed by atoms with E-state index < -0.39 is 10.0 Å². The number of hydrogen-bond acceptors (Lipinski definition) is 6. The van der Waals surface area contributed by atoms with Gasteiger partial charge in [0.2, 0.25) is 10.0 Å². The van der Waals surface area contributed by atoms with Gasteiger partial charge < -0.3 is 10.6 Å². The third kappa shape index (κ3) is 4.22. The lowest BCUT2D eigenvalue weighted by Crippen LogP contribution is -2.36. The molecule has 1 fully saturated rings. The van der Waals surface area contributed by atoms with E-state index >= 15 is 0 Å². The van der Waals surface area contributed by atoms with Gasteiger partial charge in [-0.1, -0.05) is 12.1 Å². The van der Waals surface area contributed by atoms with Crippen molar-refractivity contribution in [2.75, 3.05) is 13.1 Å². The van der Waals surface area contributed by atoms with Crippen molar-refractivity contribution in [1.29, 1.82) is 0 Å². The molecule has 9 heteroatoms. The van der Waals surface area contributed by atoms with Crippen LogP contribution in [0.25, 0.3) is 10.1 Å². The normalized spacial score (nSPS) is 17.1. The van der Waals surface area contributed by atoms with Crippen molar-refractivity contribution in [2.45, 2.75) is 23.9 Å². The topological polar surface area (TPSA) is 100 Å². The average Bonchev–Trinajstić information content (AvgIpc) is 3.35. The number of thiophene rings is 1. The standard InChI is InChI=1S/C19H20N4O3S2/c24-19(17-9-14-5-7-21-12-18(14)27-17)22-10-13-1-3-16(4-2-13)28(25,26)23-15-6-8-20-11-15/h1-5,7,9,12,15,20,23H,6,8,10-11H2,(H,22,24). The Balaban J connectivity index is 1.38. The molecule has 7 nitrogen and oxygen atoms in total. The van der Waals surface area contributed by atoms with Gasteiger partial charge in [-0.3, -0.25) is 9.78 Å². The number of benzene rings is 1. The third-order valence-electron chi connectivity index (χ3n) is 4.62. The zero-order valence-corrected chi connectivity index (χ0v) is 16.6. The molecular weight excluding hydrogens is 396 g/mol. The first-order valence-electron chi connectivity index (χ1n) is 8.95. The first kappa shape index (κ1) is 19.0. The zero-order chi connectivity index (χ0) is 19.6. The molecule has 4 rings (SSSR count). The molecule has 1 amide bonds. The summed E-state index contributed by atoms with van der Waals surface area (Å²) in [6, 6.07) is 10.2. The third-order valence-corrected chi connectivity index (χ3v) is 7.24. The number of hydrogen-bond donors (Lipinski definition) is 3. The summed E-state index contributed by atoms with van der Waals surface area (Å²) in [5.41, 5.74) is 0.831. The van der Waals surface area contributed by atoms with E-state index in [0.29, 0.717) is 18.0 Å². The molecule has 0 spiro atoms. The molecule has 2 aromatic heterocycles. The van der Waals surface area contributed by atoms with E-state index in [9.17, 15) is 13.2 Å². The van der Waals surface area contributed by atoms with Gasteiger partial charge in [-0.15, -0.1) is 11.3 Å². The van der Waals surface area contributed by atoms with Gasteiger partial charge >= 0.3 is 0 Å². The van der Waals surface area contributed by atoms with E-state index in [1.807, 2.05) is 12.1 Å². The van der Waals surface area contributed by atoms with Crippen molar-refractivity contribution in [1.82, 2.24) is 20.3 Å². The molecule has 146 valence electrons. The Morgan fingerprint density at radius 3 is 2.79 bits per heavy atom. The van der Waals surface area contributed by atoms with Crippen molar-refractivity contribution in [3.63, 3.8) is 0 Å². The van der Waals surface area contributed by atoms with Crippen molar-refractivity contribution >= 4 is 37.4 Å². The molecule has 1 aliphatic heterocycles. The van der Waals surface area contributed by atoms with Crippen LogP contribution in [0.5, 0.6) is 0 Å². The van der Waals surface area contributed by atoms with Crippen molar-refractivity contribution in [2.24, 2.45) is 0 Å². The van der Waals surface area contributed by atoms with Gasteiger partial charge in [-0.25, -0.2) is 13.1 Å². The van der Waals surface area contributed by atoms with Crippen LogP contribution in [-0.2, 0) is 16.6 Å². The number of fused-ring (bicyclic) bond motifs is 1. The van der Waals surface area contributed by atoms with Gasteiger partial charge in [-0.05, 0) is 48.2 Å². The molecule has 1 aliphatic rings. The first-order valence-corrected chi connectivity index (χ1v) is 11.2. The maximum Gasteiger partial charge on any atom is 0.261 e. The van der Waals surface area contributed by atoms with E-state index in [1.54, 1.807) is 36.7 Å². The number of aromatic nitrogens is 1. The molecule has 0 saturated carbocycles. The van der Waals surface area contributed by atoms with E-state index in [1.165, 1.54) is 11.3 Å². The summed E-state index contributed by atoms with van der Waals surface area (Å²) < 4.78 is 28.5. The molecular formula is C19H20N4O3S2. The Labute approximate surface area is 167 Å². The fraction of sp³-hybridized carbons (Fsp3) is 0.263. The highest BCUT2D eigenvalue weighted by molar-refractivity contribution is 7.89. The molecule has 28 heavy (non-hydrogen) atoms. The minimum atomic E-state index is -3.53. The summed E-state index contributed by atoms with van der Waals surface area (Å²) in [7, 11) is -3.53. The summed E-state index contributed by atoms with van der Waals surface area (Å²) in [6.45, 7) is 1.80. The molecule has 1 atom stereocenters. The lowest BCUT2D eigenvalue weighted by atomic mass is 10.2. The summed E-state index contributed by atoms with van der Waals surface area (Å²) in [6.07, 6.45) is 4.23. The SMILES string of the molecule is O=C(NCc1ccc(S(=O)(=O)NC2CCNC2)cc1)c1cc2ccncc2s1. The number of carbonyl (C=O) groups is 1. The largest absolute Gasteiger partial charge is 0.347 e. The Bertz CT molecular complexity index is 1050. The number of rotatable bonds is 6. The Morgan fingerprint density at radius 1 is 1.25 bits per heavy atom. The molecule has 3 aromatic rings. The Morgan fingerprint density at radius 2 is 2.07 bits per heavy atom. The molecule has 1 aromatic carbocycles. The lowest BCUT2D eigenvalue weighted by Gasteiger charge is -2.12. The number of amides is 1. The Kier molecular flexibility index (Phi) is 5.40. The summed E-state index contributed by atoms with van der Waals surface area (Å²) >= 11 is 1.39. The Hall–Kier alpha value is -2.33. The fourth-order valence-corrected chi connectivity index (χ4v) is 5.31. The van der Waals surface area contributed by atoms with Crippen LogP contribution in [0.15, 0.2) is 53.7 Å². The summed E-state index contributed by atoms with van der Waals surface area (Å²) in [5, 5.41) is 7.00. The van der Waals surface area contributed by atoms with E-state index in [0.717, 1.165) is 28.6 Å². The number of carbonyl (C=O) groups excluding carboxylic acids is 1. The van der Waals surface area contributed by atoms with Crippen molar-refractivity contribution in [3.05, 3.63) is 59.2 Å². The van der Waals surface area contributed by atoms with E-state index in [-0.39, 0.29) is 16.8 Å². The van der Waals surface area contributed by atoms with Gasteiger partial charge in [0, 0.05) is 31.5 Å². The molecule has 1 saturated heterocycles. The number of nitrogens with zero attached hydrogens (tertiary/aromatic N) is 1. The van der Waals surface area contributed by atoms with Gasteiger partial charge in [0.1, 0.15) is 0 Å². The average molecular weight is 417 g/mol. The molecule has 1 unspecified atom stereocenters. The van der Waals surface area contributed by atoms with Crippen LogP contribution < -0.4 is 15.4 Å². The lowest BCUT2D eigenvalue weighted by molar-refractivity contribution is 0.0955. The monoisotopic (exact) mass is 416 g/mol. The molecule has 3 N–H and O–H groups in total. The van der Waals surface area contributed by atoms with E-state index in [4.69, 9.17) is 0 Å². The van der Waals surface area contributed by atoms with Crippen LogP contribution >= 0.6 is 11.3 Å². The highest BCUT2D eigenvalue weighted by Gasteiger charge is 2.22. The second-order valence-electron chi connectivity index (χ2n) is 6.66. The first-order chi connectivity index (χ1) is 13.5. The maximum atomic E-state index is 12.4. The molecule has 0 bridgehead atoms. The minimum Gasteiger partial charge on any atom is -0.347 e. The van der Waals surface area contributed by atoms with Crippen LogP contribution in [-0.4, -0.2) is 38.4 Å². The predicted octanol–water partition coefficient (Wildman–Crippen LogP) is 1.87. The van der Waals surface area contributed by atoms with Crippen LogP contribution in [0, 0.1) is 0 Å². The minimum absolute atomic E-state index is 0.0690. The number of pyridine rings is 1. The highest BCUT2D eigenvalue weighted by atomic mass is 32.2. The van der Waals surface area contributed by atoms with Gasteiger partial charge in [-0.2, -0.15) is 0 Å². The summed E-state index contributed by atoms with van der Waals surface area (Å²) in [5.74, 6) is -0.159. The molecule has 3 heterocycles. The van der Waals surface area contributed by atoms with Gasteiger partial charge in [0.25, 0.3) is 5.91 Å². The maximum absolute atomic E-state index is 12.4. The van der Waals surface area contributed by atoms with Crippen LogP contribution in [0.1, 0.15) is 21.7 Å².